The second-order valence-corrected chi connectivity index (χ2v) is 5.52. The SMILES string of the molecule is CN=CC(=CN)c1cnc(N)c(N[C@H](C)c2ccc3nccn3c2)n1. The number of nitrogens with one attached hydrogen (secondary N) is 1. The number of pyridine rings is 1. The molecule has 25 heavy (non-hydrogen) atoms. The van der Waals surface area contributed by atoms with Crippen molar-refractivity contribution in [1.29, 1.82) is 0 Å². The third-order valence-electron chi connectivity index (χ3n) is 3.81. The van der Waals surface area contributed by atoms with Crippen LogP contribution in [0.25, 0.3) is 11.2 Å². The molecule has 0 amide bonds. The first-order chi connectivity index (χ1) is 12.1. The van der Waals surface area contributed by atoms with E-state index in [1.54, 1.807) is 25.7 Å². The molecular formula is C17H20N8. The maximum atomic E-state index is 5.97. The quantitative estimate of drug-likeness (QED) is 0.612. The van der Waals surface area contributed by atoms with E-state index in [2.05, 4.69) is 25.3 Å². The molecule has 0 spiro atoms. The van der Waals surface area contributed by atoms with E-state index in [4.69, 9.17) is 11.5 Å². The topological polar surface area (TPSA) is 120 Å². The molecule has 0 radical (unpaired) electrons. The number of nitrogens with zero attached hydrogens (tertiary/aromatic N) is 5. The largest absolute Gasteiger partial charge is 0.404 e. The van der Waals surface area contributed by atoms with Gasteiger partial charge >= 0.3 is 0 Å². The monoisotopic (exact) mass is 336 g/mol. The normalized spacial score (nSPS) is 13.4. The maximum Gasteiger partial charge on any atom is 0.170 e. The molecule has 1 atom stereocenters. The first kappa shape index (κ1) is 16.4. The number of nitrogen functional groups attached to an aromatic ring is 1. The van der Waals surface area contributed by atoms with Gasteiger partial charge in [0.25, 0.3) is 0 Å². The molecule has 5 N–H and O–H groups in total. The van der Waals surface area contributed by atoms with Crippen molar-refractivity contribution in [2.75, 3.05) is 18.1 Å². The van der Waals surface area contributed by atoms with E-state index in [0.717, 1.165) is 11.2 Å². The minimum atomic E-state index is -0.0243. The highest BCUT2D eigenvalue weighted by atomic mass is 15.1. The van der Waals surface area contributed by atoms with Crippen molar-refractivity contribution in [2.24, 2.45) is 10.7 Å². The van der Waals surface area contributed by atoms with E-state index < -0.39 is 0 Å². The third-order valence-corrected chi connectivity index (χ3v) is 3.81. The van der Waals surface area contributed by atoms with Crippen LogP contribution in [0.15, 0.2) is 48.1 Å². The van der Waals surface area contributed by atoms with Gasteiger partial charge in [0.2, 0.25) is 0 Å². The number of anilines is 2. The zero-order valence-corrected chi connectivity index (χ0v) is 14.1. The predicted molar refractivity (Wildman–Crippen MR) is 100 cm³/mol. The molecule has 3 aromatic heterocycles. The van der Waals surface area contributed by atoms with Gasteiger partial charge in [0.15, 0.2) is 11.6 Å². The Kier molecular flexibility index (Phi) is 4.60. The Morgan fingerprint density at radius 1 is 1.36 bits per heavy atom. The van der Waals surface area contributed by atoms with E-state index in [0.29, 0.717) is 22.9 Å². The predicted octanol–water partition coefficient (Wildman–Crippen LogP) is 1.88. The van der Waals surface area contributed by atoms with Gasteiger partial charge in [-0.3, -0.25) is 4.99 Å². The number of aliphatic imine (C=N–C) groups is 1. The standard InChI is InChI=1S/C17H20N8/c1-11(12-3-4-15-21-5-6-25(15)10-12)23-17-16(19)22-9-14(24-17)13(7-18)8-20-2/h3-11H,18H2,1-2H3,(H2,19,22)(H,23,24)/t11-/m1/s1. The second-order valence-electron chi connectivity index (χ2n) is 5.52. The summed E-state index contributed by atoms with van der Waals surface area (Å²) < 4.78 is 1.96. The van der Waals surface area contributed by atoms with Crippen molar-refractivity contribution in [3.63, 3.8) is 0 Å². The first-order valence-corrected chi connectivity index (χ1v) is 7.78. The fourth-order valence-corrected chi connectivity index (χ4v) is 2.46. The van der Waals surface area contributed by atoms with Crippen LogP contribution in [0.3, 0.4) is 0 Å². The molecule has 8 nitrogen and oxygen atoms in total. The maximum absolute atomic E-state index is 5.97. The van der Waals surface area contributed by atoms with E-state index >= 15 is 0 Å². The summed E-state index contributed by atoms with van der Waals surface area (Å²) in [6, 6.07) is 3.96. The lowest BCUT2D eigenvalue weighted by molar-refractivity contribution is 0.859. The summed E-state index contributed by atoms with van der Waals surface area (Å²) in [6.45, 7) is 2.03. The number of allylic oxidation sites excluding steroid dienone is 1. The number of aromatic nitrogens is 4. The van der Waals surface area contributed by atoms with Gasteiger partial charge < -0.3 is 21.2 Å². The molecule has 0 aliphatic heterocycles. The summed E-state index contributed by atoms with van der Waals surface area (Å²) in [6.07, 6.45) is 10.3. The number of fused-ring (bicyclic) bond motifs is 1. The molecule has 0 saturated heterocycles. The highest BCUT2D eigenvalue weighted by Gasteiger charge is 2.12. The van der Waals surface area contributed by atoms with Crippen molar-refractivity contribution in [1.82, 2.24) is 19.4 Å². The van der Waals surface area contributed by atoms with Crippen LogP contribution in [0, 0.1) is 0 Å². The van der Waals surface area contributed by atoms with Gasteiger partial charge in [-0.1, -0.05) is 6.07 Å². The van der Waals surface area contributed by atoms with Gasteiger partial charge in [-0.2, -0.15) is 0 Å². The zero-order valence-electron chi connectivity index (χ0n) is 14.1. The van der Waals surface area contributed by atoms with Crippen LogP contribution in [0.4, 0.5) is 11.6 Å². The molecule has 8 heteroatoms. The molecule has 0 aromatic carbocycles. The van der Waals surface area contributed by atoms with Gasteiger partial charge in [-0.25, -0.2) is 15.0 Å². The molecule has 0 aliphatic carbocycles. The highest BCUT2D eigenvalue weighted by molar-refractivity contribution is 6.08. The number of rotatable bonds is 5. The highest BCUT2D eigenvalue weighted by Crippen LogP contribution is 2.23. The number of imidazole rings is 1. The Balaban J connectivity index is 1.88. The molecule has 3 rings (SSSR count). The van der Waals surface area contributed by atoms with E-state index in [1.807, 2.05) is 35.9 Å². The Labute approximate surface area is 145 Å². The second kappa shape index (κ2) is 7.00. The Hall–Kier alpha value is -3.42. The van der Waals surface area contributed by atoms with Crippen LogP contribution in [-0.4, -0.2) is 32.6 Å². The lowest BCUT2D eigenvalue weighted by atomic mass is 10.1. The molecule has 0 fully saturated rings. The average Bonchev–Trinajstić information content (AvgIpc) is 3.09. The summed E-state index contributed by atoms with van der Waals surface area (Å²) in [5.41, 5.74) is 14.8. The molecule has 0 aliphatic rings. The minimum Gasteiger partial charge on any atom is -0.404 e. The lowest BCUT2D eigenvalue weighted by Gasteiger charge is -2.17. The Morgan fingerprint density at radius 2 is 2.20 bits per heavy atom. The first-order valence-electron chi connectivity index (χ1n) is 7.78. The van der Waals surface area contributed by atoms with Crippen LogP contribution in [0.5, 0.6) is 0 Å². The molecule has 0 unspecified atom stereocenters. The van der Waals surface area contributed by atoms with E-state index in [9.17, 15) is 0 Å². The summed E-state index contributed by atoms with van der Waals surface area (Å²) in [7, 11) is 1.67. The van der Waals surface area contributed by atoms with Crippen LogP contribution >= 0.6 is 0 Å². The molecule has 0 bridgehead atoms. The van der Waals surface area contributed by atoms with Crippen molar-refractivity contribution >= 4 is 29.1 Å². The fraction of sp³-hybridized carbons (Fsp3) is 0.176. The minimum absolute atomic E-state index is 0.0243. The summed E-state index contributed by atoms with van der Waals surface area (Å²) in [5.74, 6) is 0.823. The fourth-order valence-electron chi connectivity index (χ4n) is 2.46. The molecule has 3 aromatic rings. The Bertz CT molecular complexity index is 941. The van der Waals surface area contributed by atoms with Gasteiger partial charge in [0.1, 0.15) is 5.65 Å². The number of nitrogens with two attached hydrogens (primary N) is 2. The summed E-state index contributed by atoms with van der Waals surface area (Å²) >= 11 is 0. The van der Waals surface area contributed by atoms with Gasteiger partial charge in [0, 0.05) is 43.6 Å². The smallest absolute Gasteiger partial charge is 0.170 e. The van der Waals surface area contributed by atoms with Crippen LogP contribution < -0.4 is 16.8 Å². The Morgan fingerprint density at radius 3 is 2.96 bits per heavy atom. The van der Waals surface area contributed by atoms with Gasteiger partial charge in [0.05, 0.1) is 17.9 Å². The van der Waals surface area contributed by atoms with E-state index in [-0.39, 0.29) is 6.04 Å². The van der Waals surface area contributed by atoms with Crippen molar-refractivity contribution in [3.8, 4) is 0 Å². The van der Waals surface area contributed by atoms with E-state index in [1.165, 1.54) is 6.20 Å². The van der Waals surface area contributed by atoms with Crippen molar-refractivity contribution in [2.45, 2.75) is 13.0 Å². The van der Waals surface area contributed by atoms with Gasteiger partial charge in [-0.05, 0) is 18.6 Å². The van der Waals surface area contributed by atoms with Crippen molar-refractivity contribution < 1.29 is 0 Å². The van der Waals surface area contributed by atoms with Crippen LogP contribution in [0.2, 0.25) is 0 Å². The zero-order chi connectivity index (χ0) is 17.8. The molecular weight excluding hydrogens is 316 g/mol. The van der Waals surface area contributed by atoms with Crippen molar-refractivity contribution in [3.05, 3.63) is 54.4 Å². The summed E-state index contributed by atoms with van der Waals surface area (Å²) in [4.78, 5) is 16.9. The molecule has 128 valence electrons. The summed E-state index contributed by atoms with van der Waals surface area (Å²) in [5, 5.41) is 3.30. The number of hydrogen-bond acceptors (Lipinski definition) is 7. The van der Waals surface area contributed by atoms with Gasteiger partial charge in [-0.15, -0.1) is 0 Å². The van der Waals surface area contributed by atoms with Crippen LogP contribution in [0.1, 0.15) is 24.2 Å². The van der Waals surface area contributed by atoms with Crippen LogP contribution in [-0.2, 0) is 0 Å². The molecule has 3 heterocycles. The number of hydrogen-bond donors (Lipinski definition) is 3. The average molecular weight is 336 g/mol. The third kappa shape index (κ3) is 3.42. The lowest BCUT2D eigenvalue weighted by Crippen LogP contribution is -2.12. The molecule has 0 saturated carbocycles.